The van der Waals surface area contributed by atoms with Gasteiger partial charge < -0.3 is 5.73 Å². The van der Waals surface area contributed by atoms with Gasteiger partial charge in [-0.3, -0.25) is 4.90 Å². The Morgan fingerprint density at radius 3 is 2.22 bits per heavy atom. The number of hydrogen-bond acceptors (Lipinski definition) is 2. The van der Waals surface area contributed by atoms with Gasteiger partial charge in [0.1, 0.15) is 0 Å². The van der Waals surface area contributed by atoms with E-state index in [1.54, 1.807) is 0 Å². The van der Waals surface area contributed by atoms with E-state index in [9.17, 15) is 0 Å². The van der Waals surface area contributed by atoms with Crippen LogP contribution in [-0.4, -0.2) is 18.0 Å². The van der Waals surface area contributed by atoms with E-state index in [1.807, 2.05) is 12.1 Å². The Bertz CT molecular complexity index is 411. The van der Waals surface area contributed by atoms with Gasteiger partial charge in [-0.1, -0.05) is 17.7 Å². The minimum Gasteiger partial charge on any atom is -0.398 e. The Labute approximate surface area is 114 Å². The van der Waals surface area contributed by atoms with Crippen LogP contribution in [0.15, 0.2) is 18.2 Å². The topological polar surface area (TPSA) is 29.3 Å². The fourth-order valence-electron chi connectivity index (χ4n) is 2.48. The first-order valence-corrected chi connectivity index (χ1v) is 7.35. The molecule has 1 aromatic carbocycles. The van der Waals surface area contributed by atoms with Gasteiger partial charge in [0.2, 0.25) is 0 Å². The van der Waals surface area contributed by atoms with E-state index in [2.05, 4.69) is 11.0 Å². The first-order chi connectivity index (χ1) is 8.70. The number of anilines is 1. The summed E-state index contributed by atoms with van der Waals surface area (Å²) < 4.78 is 0. The van der Waals surface area contributed by atoms with Gasteiger partial charge in [-0.05, 0) is 55.2 Å². The fourth-order valence-corrected chi connectivity index (χ4v) is 2.60. The molecule has 0 heterocycles. The van der Waals surface area contributed by atoms with Crippen LogP contribution < -0.4 is 5.73 Å². The summed E-state index contributed by atoms with van der Waals surface area (Å²) in [5.41, 5.74) is 7.86. The first-order valence-electron chi connectivity index (χ1n) is 6.97. The molecule has 2 aliphatic rings. The van der Waals surface area contributed by atoms with Gasteiger partial charge in [0.15, 0.2) is 0 Å². The van der Waals surface area contributed by atoms with Gasteiger partial charge in [-0.2, -0.15) is 0 Å². The Balaban J connectivity index is 1.63. The second-order valence-corrected chi connectivity index (χ2v) is 6.34. The predicted molar refractivity (Wildman–Crippen MR) is 76.6 cm³/mol. The zero-order chi connectivity index (χ0) is 12.5. The molecule has 0 unspecified atom stereocenters. The molecule has 0 aromatic heterocycles. The molecule has 2 aliphatic carbocycles. The maximum atomic E-state index is 5.97. The van der Waals surface area contributed by atoms with Crippen LogP contribution in [0.4, 0.5) is 5.69 Å². The molecule has 0 spiro atoms. The normalized spacial score (nSPS) is 19.4. The van der Waals surface area contributed by atoms with Gasteiger partial charge in [0, 0.05) is 19.6 Å². The average molecular weight is 265 g/mol. The summed E-state index contributed by atoms with van der Waals surface area (Å²) in [4.78, 5) is 2.61. The van der Waals surface area contributed by atoms with Gasteiger partial charge in [0.05, 0.1) is 10.7 Å². The molecule has 2 saturated carbocycles. The van der Waals surface area contributed by atoms with Gasteiger partial charge in [0.25, 0.3) is 0 Å². The predicted octanol–water partition coefficient (Wildman–Crippen LogP) is 3.54. The van der Waals surface area contributed by atoms with Crippen molar-refractivity contribution in [2.24, 2.45) is 11.8 Å². The van der Waals surface area contributed by atoms with Crippen molar-refractivity contribution in [3.05, 3.63) is 28.8 Å². The largest absolute Gasteiger partial charge is 0.398 e. The van der Waals surface area contributed by atoms with Crippen molar-refractivity contribution in [1.29, 1.82) is 0 Å². The highest BCUT2D eigenvalue weighted by atomic mass is 35.5. The second kappa shape index (κ2) is 5.10. The number of nitrogens with zero attached hydrogens (tertiary/aromatic N) is 1. The summed E-state index contributed by atoms with van der Waals surface area (Å²) in [7, 11) is 0. The van der Waals surface area contributed by atoms with Crippen LogP contribution in [-0.2, 0) is 6.54 Å². The quantitative estimate of drug-likeness (QED) is 0.797. The SMILES string of the molecule is Nc1cc(CN(CC2CC2)CC2CC2)ccc1Cl. The molecule has 3 heteroatoms. The molecule has 0 bridgehead atoms. The lowest BCUT2D eigenvalue weighted by Gasteiger charge is -2.22. The van der Waals surface area contributed by atoms with Crippen molar-refractivity contribution in [3.63, 3.8) is 0 Å². The highest BCUT2D eigenvalue weighted by Crippen LogP contribution is 2.34. The van der Waals surface area contributed by atoms with Crippen LogP contribution in [0.5, 0.6) is 0 Å². The van der Waals surface area contributed by atoms with E-state index in [1.165, 1.54) is 44.3 Å². The molecule has 0 aliphatic heterocycles. The molecule has 0 atom stereocenters. The number of nitrogen functional groups attached to an aromatic ring is 1. The highest BCUT2D eigenvalue weighted by molar-refractivity contribution is 6.33. The zero-order valence-corrected chi connectivity index (χ0v) is 11.5. The molecule has 2 N–H and O–H groups in total. The molecule has 1 aromatic rings. The van der Waals surface area contributed by atoms with E-state index in [-0.39, 0.29) is 0 Å². The smallest absolute Gasteiger partial charge is 0.0635 e. The Morgan fingerprint density at radius 2 is 1.72 bits per heavy atom. The van der Waals surface area contributed by atoms with E-state index in [0.29, 0.717) is 10.7 Å². The van der Waals surface area contributed by atoms with Gasteiger partial charge >= 0.3 is 0 Å². The standard InChI is InChI=1S/C15H21ClN2/c16-14-6-5-13(7-15(14)17)10-18(8-11-1-2-11)9-12-3-4-12/h5-7,11-12H,1-4,8-10,17H2. The monoisotopic (exact) mass is 264 g/mol. The zero-order valence-electron chi connectivity index (χ0n) is 10.7. The van der Waals surface area contributed by atoms with Crippen LogP contribution in [0.1, 0.15) is 31.2 Å². The molecular weight excluding hydrogens is 244 g/mol. The highest BCUT2D eigenvalue weighted by Gasteiger charge is 2.29. The Hall–Kier alpha value is -0.730. The fraction of sp³-hybridized carbons (Fsp3) is 0.600. The number of hydrogen-bond donors (Lipinski definition) is 1. The minimum absolute atomic E-state index is 0.662. The molecule has 0 amide bonds. The van der Waals surface area contributed by atoms with Crippen molar-refractivity contribution in [2.45, 2.75) is 32.2 Å². The lowest BCUT2D eigenvalue weighted by atomic mass is 10.1. The summed E-state index contributed by atoms with van der Waals surface area (Å²) in [5, 5.41) is 0.662. The Morgan fingerprint density at radius 1 is 1.11 bits per heavy atom. The maximum Gasteiger partial charge on any atom is 0.0635 e. The maximum absolute atomic E-state index is 5.97. The number of benzene rings is 1. The third-order valence-electron chi connectivity index (χ3n) is 3.89. The van der Waals surface area contributed by atoms with E-state index in [0.717, 1.165) is 18.4 Å². The van der Waals surface area contributed by atoms with Crippen LogP contribution in [0.25, 0.3) is 0 Å². The average Bonchev–Trinajstić information content (AvgIpc) is 3.19. The van der Waals surface area contributed by atoms with Crippen LogP contribution >= 0.6 is 11.6 Å². The van der Waals surface area contributed by atoms with Crippen LogP contribution in [0, 0.1) is 11.8 Å². The van der Waals surface area contributed by atoms with Gasteiger partial charge in [-0.15, -0.1) is 0 Å². The number of nitrogens with two attached hydrogens (primary N) is 1. The lowest BCUT2D eigenvalue weighted by Crippen LogP contribution is -2.27. The third-order valence-corrected chi connectivity index (χ3v) is 4.24. The van der Waals surface area contributed by atoms with Crippen molar-refractivity contribution >= 4 is 17.3 Å². The summed E-state index contributed by atoms with van der Waals surface area (Å²) >= 11 is 5.97. The summed E-state index contributed by atoms with van der Waals surface area (Å²) in [5.74, 6) is 1.90. The number of rotatable bonds is 6. The second-order valence-electron chi connectivity index (χ2n) is 5.94. The molecule has 0 radical (unpaired) electrons. The van der Waals surface area contributed by atoms with E-state index < -0.39 is 0 Å². The third kappa shape index (κ3) is 3.39. The number of halogens is 1. The first kappa shape index (κ1) is 12.3. The molecule has 18 heavy (non-hydrogen) atoms. The summed E-state index contributed by atoms with van der Waals surface area (Å²) in [6.07, 6.45) is 5.68. The summed E-state index contributed by atoms with van der Waals surface area (Å²) in [6, 6.07) is 6.04. The van der Waals surface area contributed by atoms with Crippen LogP contribution in [0.3, 0.4) is 0 Å². The van der Waals surface area contributed by atoms with E-state index in [4.69, 9.17) is 17.3 Å². The Kier molecular flexibility index (Phi) is 3.49. The summed E-state index contributed by atoms with van der Waals surface area (Å²) in [6.45, 7) is 3.55. The molecular formula is C15H21ClN2. The molecule has 98 valence electrons. The van der Waals surface area contributed by atoms with Crippen molar-refractivity contribution in [2.75, 3.05) is 18.8 Å². The minimum atomic E-state index is 0.662. The van der Waals surface area contributed by atoms with Crippen molar-refractivity contribution in [1.82, 2.24) is 4.90 Å². The molecule has 3 rings (SSSR count). The van der Waals surface area contributed by atoms with Crippen LogP contribution in [0.2, 0.25) is 5.02 Å². The molecule has 2 nitrogen and oxygen atoms in total. The molecule has 0 saturated heterocycles. The lowest BCUT2D eigenvalue weighted by molar-refractivity contribution is 0.244. The van der Waals surface area contributed by atoms with Crippen molar-refractivity contribution in [3.8, 4) is 0 Å². The molecule has 2 fully saturated rings. The van der Waals surface area contributed by atoms with Gasteiger partial charge in [-0.25, -0.2) is 0 Å². The van der Waals surface area contributed by atoms with E-state index >= 15 is 0 Å². The van der Waals surface area contributed by atoms with Crippen molar-refractivity contribution < 1.29 is 0 Å².